The van der Waals surface area contributed by atoms with Crippen LogP contribution in [0.4, 0.5) is 0 Å². The number of hydrogen-bond acceptors (Lipinski definition) is 3. The third-order valence-electron chi connectivity index (χ3n) is 11.6. The Hall–Kier alpha value is -0.640. The average Bonchev–Trinajstić information content (AvgIpc) is 3.02. The monoisotopic (exact) mass is 444 g/mol. The Morgan fingerprint density at radius 2 is 1.78 bits per heavy atom. The molecular formula is C29H48O3. The first kappa shape index (κ1) is 24.5. The molecule has 0 heterocycles. The van der Waals surface area contributed by atoms with Gasteiger partial charge in [0, 0.05) is 0 Å². The van der Waals surface area contributed by atoms with Crippen molar-refractivity contribution in [2.75, 3.05) is 0 Å². The molecule has 0 aromatic heterocycles. The van der Waals surface area contributed by atoms with E-state index in [-0.39, 0.29) is 12.2 Å². The maximum absolute atomic E-state index is 10.6. The van der Waals surface area contributed by atoms with Crippen molar-refractivity contribution in [1.82, 2.24) is 0 Å². The van der Waals surface area contributed by atoms with E-state index in [0.29, 0.717) is 34.0 Å². The molecule has 2 N–H and O–H groups in total. The first-order valence-electron chi connectivity index (χ1n) is 13.4. The van der Waals surface area contributed by atoms with Crippen molar-refractivity contribution in [2.45, 2.75) is 118 Å². The highest BCUT2D eigenvalue weighted by atomic mass is 17.1. The zero-order valence-corrected chi connectivity index (χ0v) is 21.5. The van der Waals surface area contributed by atoms with Crippen LogP contribution in [0, 0.1) is 39.9 Å². The van der Waals surface area contributed by atoms with Crippen molar-refractivity contribution in [3.05, 3.63) is 23.3 Å². The van der Waals surface area contributed by atoms with Crippen molar-refractivity contribution >= 4 is 0 Å². The second-order valence-corrected chi connectivity index (χ2v) is 12.9. The van der Waals surface area contributed by atoms with Crippen molar-refractivity contribution in [3.8, 4) is 0 Å². The second kappa shape index (κ2) is 8.54. The van der Waals surface area contributed by atoms with E-state index in [2.05, 4.69) is 41.2 Å². The van der Waals surface area contributed by atoms with Crippen LogP contribution in [-0.4, -0.2) is 22.6 Å². The standard InChI is InChI=1S/C29H48O3/c1-18(2)26(32-31)11-8-19(3)21-12-16-29(7)24-10-9-22-20(4)25(30)14-15-27(22,5)23(24)13-17-28(21,29)6/h19-22,25-26,30-31H,1,8-17H2,2-7H3/t19-,20+,21-,22-,25+,26-,27+,28-,29+/m1/s1. The van der Waals surface area contributed by atoms with Crippen molar-refractivity contribution in [2.24, 2.45) is 39.9 Å². The summed E-state index contributed by atoms with van der Waals surface area (Å²) in [7, 11) is 0. The van der Waals surface area contributed by atoms with Crippen molar-refractivity contribution in [3.63, 3.8) is 0 Å². The maximum atomic E-state index is 10.6. The quantitative estimate of drug-likeness (QED) is 0.252. The summed E-state index contributed by atoms with van der Waals surface area (Å²) in [6, 6.07) is 0. The van der Waals surface area contributed by atoms with Crippen LogP contribution in [0.3, 0.4) is 0 Å². The lowest BCUT2D eigenvalue weighted by Crippen LogP contribution is -2.51. The molecule has 0 bridgehead atoms. The molecule has 4 aliphatic rings. The zero-order valence-electron chi connectivity index (χ0n) is 21.5. The molecule has 0 aromatic rings. The van der Waals surface area contributed by atoms with E-state index in [4.69, 9.17) is 4.89 Å². The van der Waals surface area contributed by atoms with Crippen molar-refractivity contribution in [1.29, 1.82) is 0 Å². The molecular weight excluding hydrogens is 396 g/mol. The summed E-state index contributed by atoms with van der Waals surface area (Å²) in [5.74, 6) is 2.42. The summed E-state index contributed by atoms with van der Waals surface area (Å²) in [5, 5.41) is 19.8. The summed E-state index contributed by atoms with van der Waals surface area (Å²) in [6.07, 6.45) is 11.4. The number of allylic oxidation sites excluding steroid dienone is 2. The highest BCUT2D eigenvalue weighted by molar-refractivity contribution is 5.38. The summed E-state index contributed by atoms with van der Waals surface area (Å²) in [5.41, 5.74) is 5.50. The molecule has 2 saturated carbocycles. The molecule has 4 aliphatic carbocycles. The van der Waals surface area contributed by atoms with Gasteiger partial charge in [0.15, 0.2) is 0 Å². The third kappa shape index (κ3) is 3.48. The van der Waals surface area contributed by atoms with Crippen LogP contribution in [0.2, 0.25) is 0 Å². The van der Waals surface area contributed by atoms with Crippen LogP contribution < -0.4 is 0 Å². The molecule has 0 amide bonds. The molecule has 0 radical (unpaired) electrons. The second-order valence-electron chi connectivity index (χ2n) is 12.9. The lowest BCUT2D eigenvalue weighted by Gasteiger charge is -2.60. The minimum Gasteiger partial charge on any atom is -0.393 e. The normalized spacial score (nSPS) is 45.6. The third-order valence-corrected chi connectivity index (χ3v) is 11.6. The first-order valence-corrected chi connectivity index (χ1v) is 13.4. The Labute approximate surface area is 196 Å². The van der Waals surface area contributed by atoms with Gasteiger partial charge in [-0.2, -0.15) is 0 Å². The van der Waals surface area contributed by atoms with E-state index in [1.165, 1.54) is 38.5 Å². The Bertz CT molecular complexity index is 770. The molecule has 3 heteroatoms. The SMILES string of the molecule is C=C(C)[C@@H](CC[C@@H](C)[C@H]1CC[C@@]2(C)C3=C(CC[C@]12C)[C@@]1(C)CC[C@H](O)[C@@H](C)[C@H]1CC3)OO. The number of fused-ring (bicyclic) bond motifs is 4. The van der Waals surface area contributed by atoms with Crippen LogP contribution in [0.25, 0.3) is 0 Å². The van der Waals surface area contributed by atoms with E-state index in [1.54, 1.807) is 5.57 Å². The number of hydrogen-bond donors (Lipinski definition) is 2. The van der Waals surface area contributed by atoms with Gasteiger partial charge in [0.05, 0.1) is 6.10 Å². The fourth-order valence-electron chi connectivity index (χ4n) is 9.26. The fourth-order valence-corrected chi connectivity index (χ4v) is 9.26. The molecule has 0 aromatic carbocycles. The Morgan fingerprint density at radius 1 is 1.06 bits per heavy atom. The first-order chi connectivity index (χ1) is 15.0. The largest absolute Gasteiger partial charge is 0.393 e. The van der Waals surface area contributed by atoms with Gasteiger partial charge in [0.25, 0.3) is 0 Å². The molecule has 32 heavy (non-hydrogen) atoms. The smallest absolute Gasteiger partial charge is 0.113 e. The van der Waals surface area contributed by atoms with Gasteiger partial charge in [-0.25, -0.2) is 4.89 Å². The van der Waals surface area contributed by atoms with E-state index in [9.17, 15) is 10.4 Å². The van der Waals surface area contributed by atoms with Gasteiger partial charge < -0.3 is 5.11 Å². The lowest BCUT2D eigenvalue weighted by molar-refractivity contribution is -0.270. The van der Waals surface area contributed by atoms with E-state index in [1.807, 2.05) is 12.5 Å². The predicted octanol–water partition coefficient (Wildman–Crippen LogP) is 7.56. The summed E-state index contributed by atoms with van der Waals surface area (Å²) >= 11 is 0. The molecule has 9 atom stereocenters. The molecule has 4 rings (SSSR count). The Morgan fingerprint density at radius 3 is 2.44 bits per heavy atom. The van der Waals surface area contributed by atoms with Crippen molar-refractivity contribution < 1.29 is 15.3 Å². The van der Waals surface area contributed by atoms with Gasteiger partial charge in [0.2, 0.25) is 0 Å². The molecule has 182 valence electrons. The Balaban J connectivity index is 1.59. The van der Waals surface area contributed by atoms with Gasteiger partial charge in [-0.15, -0.1) is 0 Å². The molecule has 0 unspecified atom stereocenters. The summed E-state index contributed by atoms with van der Waals surface area (Å²) in [4.78, 5) is 4.70. The van der Waals surface area contributed by atoms with Gasteiger partial charge in [0.1, 0.15) is 6.10 Å². The number of aliphatic hydroxyl groups is 1. The van der Waals surface area contributed by atoms with Gasteiger partial charge in [-0.3, -0.25) is 5.26 Å². The molecule has 3 nitrogen and oxygen atoms in total. The number of aliphatic hydroxyl groups excluding tert-OH is 1. The molecule has 0 spiro atoms. The molecule has 0 aliphatic heterocycles. The minimum atomic E-state index is -0.238. The Kier molecular flexibility index (Phi) is 6.53. The van der Waals surface area contributed by atoms with Crippen LogP contribution in [0.1, 0.15) is 106 Å². The van der Waals surface area contributed by atoms with Crippen LogP contribution >= 0.6 is 0 Å². The highest BCUT2D eigenvalue weighted by Gasteiger charge is 2.62. The topological polar surface area (TPSA) is 49.7 Å². The van der Waals surface area contributed by atoms with E-state index >= 15 is 0 Å². The average molecular weight is 445 g/mol. The number of rotatable bonds is 6. The van der Waals surface area contributed by atoms with Gasteiger partial charge in [-0.1, -0.05) is 52.3 Å². The van der Waals surface area contributed by atoms with Gasteiger partial charge in [-0.05, 0) is 117 Å². The summed E-state index contributed by atoms with van der Waals surface area (Å²) < 4.78 is 0. The summed E-state index contributed by atoms with van der Waals surface area (Å²) in [6.45, 7) is 18.4. The van der Waals surface area contributed by atoms with E-state index < -0.39 is 0 Å². The fraction of sp³-hybridized carbons (Fsp3) is 0.862. The van der Waals surface area contributed by atoms with Crippen LogP contribution in [-0.2, 0) is 4.89 Å². The van der Waals surface area contributed by atoms with Crippen LogP contribution in [0.5, 0.6) is 0 Å². The molecule has 2 fully saturated rings. The van der Waals surface area contributed by atoms with Crippen LogP contribution in [0.15, 0.2) is 23.3 Å². The highest BCUT2D eigenvalue weighted by Crippen LogP contribution is 2.71. The van der Waals surface area contributed by atoms with E-state index in [0.717, 1.165) is 37.2 Å². The lowest BCUT2D eigenvalue weighted by atomic mass is 9.45. The maximum Gasteiger partial charge on any atom is 0.113 e. The molecule has 0 saturated heterocycles. The van der Waals surface area contributed by atoms with Gasteiger partial charge >= 0.3 is 0 Å². The minimum absolute atomic E-state index is 0.109. The zero-order chi connectivity index (χ0) is 23.5. The predicted molar refractivity (Wildman–Crippen MR) is 131 cm³/mol.